The van der Waals surface area contributed by atoms with Gasteiger partial charge in [0, 0.05) is 17.1 Å². The maximum atomic E-state index is 2.12. The summed E-state index contributed by atoms with van der Waals surface area (Å²) >= 11 is 0. The SMILES string of the molecule is CCn1cc[n+](C)c1.Cl.Cl.Cl.Cl.[Fe]. The van der Waals surface area contributed by atoms with Crippen LogP contribution in [0.2, 0.25) is 0 Å². The van der Waals surface area contributed by atoms with Gasteiger partial charge in [-0.15, -0.1) is 49.6 Å². The fourth-order valence-corrected chi connectivity index (χ4v) is 0.689. The van der Waals surface area contributed by atoms with Crippen LogP contribution in [0.4, 0.5) is 0 Å². The van der Waals surface area contributed by atoms with Crippen molar-refractivity contribution in [3.63, 3.8) is 0 Å². The second-order valence-corrected chi connectivity index (χ2v) is 1.91. The Morgan fingerprint density at radius 1 is 1.15 bits per heavy atom. The second kappa shape index (κ2) is 15.4. The molecule has 0 aromatic carbocycles. The molecule has 0 saturated heterocycles. The Bertz CT molecular complexity index is 183. The van der Waals surface area contributed by atoms with E-state index in [0.29, 0.717) is 0 Å². The molecule has 0 aliphatic rings. The second-order valence-electron chi connectivity index (χ2n) is 1.91. The first-order chi connectivity index (χ1) is 3.83. The van der Waals surface area contributed by atoms with Crippen molar-refractivity contribution < 1.29 is 21.6 Å². The first-order valence-corrected chi connectivity index (χ1v) is 2.84. The molecule has 0 bridgehead atoms. The number of aryl methyl sites for hydroxylation is 2. The van der Waals surface area contributed by atoms with Crippen LogP contribution in [-0.2, 0) is 30.7 Å². The van der Waals surface area contributed by atoms with Gasteiger partial charge < -0.3 is 0 Å². The van der Waals surface area contributed by atoms with Gasteiger partial charge >= 0.3 is 0 Å². The third-order valence-corrected chi connectivity index (χ3v) is 1.19. The molecule has 2 nitrogen and oxygen atoms in total. The molecule has 0 unspecified atom stereocenters. The Balaban J connectivity index is -0.0000000427. The molecule has 0 N–H and O–H groups in total. The van der Waals surface area contributed by atoms with Crippen molar-refractivity contribution in [2.75, 3.05) is 0 Å². The zero-order chi connectivity index (χ0) is 5.98. The van der Waals surface area contributed by atoms with E-state index in [1.54, 1.807) is 0 Å². The number of hydrogen-bond donors (Lipinski definition) is 0. The van der Waals surface area contributed by atoms with Crippen LogP contribution in [0.5, 0.6) is 0 Å². The molecule has 13 heavy (non-hydrogen) atoms. The topological polar surface area (TPSA) is 8.81 Å². The molecule has 84 valence electrons. The Morgan fingerprint density at radius 3 is 1.77 bits per heavy atom. The number of aromatic nitrogens is 2. The molecule has 0 fully saturated rings. The molecule has 0 saturated carbocycles. The van der Waals surface area contributed by atoms with E-state index in [2.05, 4.69) is 24.0 Å². The first-order valence-electron chi connectivity index (χ1n) is 2.84. The summed E-state index contributed by atoms with van der Waals surface area (Å²) in [6, 6.07) is 0. The summed E-state index contributed by atoms with van der Waals surface area (Å²) in [5.41, 5.74) is 0. The molecule has 0 aliphatic heterocycles. The summed E-state index contributed by atoms with van der Waals surface area (Å²) < 4.78 is 4.16. The molecule has 0 radical (unpaired) electrons. The van der Waals surface area contributed by atoms with Gasteiger partial charge in [-0.1, -0.05) is 0 Å². The van der Waals surface area contributed by atoms with Crippen LogP contribution in [0.25, 0.3) is 0 Å². The predicted octanol–water partition coefficient (Wildman–Crippen LogP) is 2.02. The van der Waals surface area contributed by atoms with Crippen LogP contribution in [-0.4, -0.2) is 4.57 Å². The van der Waals surface area contributed by atoms with E-state index >= 15 is 0 Å². The summed E-state index contributed by atoms with van der Waals surface area (Å²) in [6.45, 7) is 3.18. The maximum absolute atomic E-state index is 2.12. The van der Waals surface area contributed by atoms with Crippen LogP contribution in [0, 0.1) is 0 Å². The van der Waals surface area contributed by atoms with E-state index < -0.39 is 0 Å². The van der Waals surface area contributed by atoms with Crippen molar-refractivity contribution in [3.8, 4) is 0 Å². The molecule has 0 aliphatic carbocycles. The van der Waals surface area contributed by atoms with Gasteiger partial charge in [-0.05, 0) is 6.92 Å². The van der Waals surface area contributed by atoms with Crippen molar-refractivity contribution in [2.24, 2.45) is 7.05 Å². The van der Waals surface area contributed by atoms with Gasteiger partial charge in [-0.2, -0.15) is 0 Å². The average Bonchev–Trinajstić information content (AvgIpc) is 2.14. The van der Waals surface area contributed by atoms with Crippen molar-refractivity contribution >= 4 is 49.6 Å². The summed E-state index contributed by atoms with van der Waals surface area (Å²) in [5.74, 6) is 0. The van der Waals surface area contributed by atoms with Crippen molar-refractivity contribution in [2.45, 2.75) is 13.5 Å². The van der Waals surface area contributed by atoms with E-state index in [9.17, 15) is 0 Å². The van der Waals surface area contributed by atoms with Crippen LogP contribution in [0.3, 0.4) is 0 Å². The average molecular weight is 313 g/mol. The van der Waals surface area contributed by atoms with Crippen LogP contribution in [0.15, 0.2) is 18.7 Å². The minimum Gasteiger partial charge on any atom is -0.240 e. The third-order valence-electron chi connectivity index (χ3n) is 1.19. The van der Waals surface area contributed by atoms with Crippen LogP contribution >= 0.6 is 49.6 Å². The van der Waals surface area contributed by atoms with Crippen molar-refractivity contribution in [1.29, 1.82) is 0 Å². The van der Waals surface area contributed by atoms with Crippen LogP contribution < -0.4 is 4.57 Å². The van der Waals surface area contributed by atoms with Crippen LogP contribution in [0.1, 0.15) is 6.92 Å². The third kappa shape index (κ3) is 10.8. The van der Waals surface area contributed by atoms with E-state index in [4.69, 9.17) is 0 Å². The zero-order valence-electron chi connectivity index (χ0n) is 7.32. The molecule has 0 atom stereocenters. The number of nitrogens with zero attached hydrogens (tertiary/aromatic N) is 2. The molecule has 1 heterocycles. The molecule has 1 aromatic heterocycles. The number of halogens is 4. The number of rotatable bonds is 1. The predicted molar refractivity (Wildman–Crippen MR) is 60.3 cm³/mol. The monoisotopic (exact) mass is 311 g/mol. The Labute approximate surface area is 115 Å². The molecular weight excluding hydrogens is 298 g/mol. The van der Waals surface area contributed by atoms with Crippen molar-refractivity contribution in [3.05, 3.63) is 18.7 Å². The minimum atomic E-state index is 0. The standard InChI is InChI=1S/C6H11N2.4ClH.Fe/c1-3-8-5-4-7(2)6-8;;;;;/h4-6H,3H2,1-2H3;4*1H;/q+1;;;;;. The van der Waals surface area contributed by atoms with E-state index in [1.165, 1.54) is 0 Å². The molecule has 0 spiro atoms. The van der Waals surface area contributed by atoms with Gasteiger partial charge in [-0.3, -0.25) is 0 Å². The van der Waals surface area contributed by atoms with E-state index in [-0.39, 0.29) is 66.7 Å². The minimum absolute atomic E-state index is 0. The molecule has 1 aromatic rings. The quantitative estimate of drug-likeness (QED) is 0.554. The largest absolute Gasteiger partial charge is 0.243 e. The van der Waals surface area contributed by atoms with Gasteiger partial charge in [0.1, 0.15) is 12.4 Å². The molecule has 7 heteroatoms. The fourth-order valence-electron chi connectivity index (χ4n) is 0.689. The molecule has 0 amide bonds. The fraction of sp³-hybridized carbons (Fsp3) is 0.500. The summed E-state index contributed by atoms with van der Waals surface area (Å²) in [5, 5.41) is 0. The Morgan fingerprint density at radius 2 is 1.62 bits per heavy atom. The van der Waals surface area contributed by atoms with Gasteiger partial charge in [0.05, 0.1) is 13.6 Å². The summed E-state index contributed by atoms with van der Waals surface area (Å²) in [7, 11) is 2.02. The van der Waals surface area contributed by atoms with E-state index in [1.807, 2.05) is 17.8 Å². The number of imidazole rings is 1. The summed E-state index contributed by atoms with van der Waals surface area (Å²) in [4.78, 5) is 0. The van der Waals surface area contributed by atoms with Crippen molar-refractivity contribution in [1.82, 2.24) is 4.57 Å². The summed E-state index contributed by atoms with van der Waals surface area (Å²) in [6.07, 6.45) is 6.14. The Kier molecular flexibility index (Phi) is 34.5. The van der Waals surface area contributed by atoms with Gasteiger partial charge in [0.15, 0.2) is 0 Å². The first kappa shape index (κ1) is 29.2. The molecular formula is C6H15Cl4FeN2+. The van der Waals surface area contributed by atoms with E-state index in [0.717, 1.165) is 6.54 Å². The number of hydrogen-bond acceptors (Lipinski definition) is 0. The van der Waals surface area contributed by atoms with Gasteiger partial charge in [0.25, 0.3) is 0 Å². The van der Waals surface area contributed by atoms with Gasteiger partial charge in [0.2, 0.25) is 6.33 Å². The Hall–Kier alpha value is 0.889. The zero-order valence-corrected chi connectivity index (χ0v) is 11.7. The van der Waals surface area contributed by atoms with Gasteiger partial charge in [-0.25, -0.2) is 9.13 Å². The maximum Gasteiger partial charge on any atom is 0.243 e. The normalized spacial score (nSPS) is 6.00. The smallest absolute Gasteiger partial charge is 0.240 e. The molecule has 1 rings (SSSR count).